The van der Waals surface area contributed by atoms with Gasteiger partial charge in [0.1, 0.15) is 6.17 Å². The fourth-order valence-corrected chi connectivity index (χ4v) is 2.76. The van der Waals surface area contributed by atoms with Gasteiger partial charge in [-0.05, 0) is 25.1 Å². The molecule has 0 radical (unpaired) electrons. The summed E-state index contributed by atoms with van der Waals surface area (Å²) in [5.41, 5.74) is 6.04. The van der Waals surface area contributed by atoms with Crippen molar-refractivity contribution in [3.8, 4) is 0 Å². The molecule has 0 unspecified atom stereocenters. The van der Waals surface area contributed by atoms with E-state index in [1.807, 2.05) is 18.2 Å². The fraction of sp³-hybridized carbons (Fsp3) is 0.538. The Kier molecular flexibility index (Phi) is 4.83. The first-order chi connectivity index (χ1) is 8.24. The quantitative estimate of drug-likeness (QED) is 0.789. The van der Waals surface area contributed by atoms with Crippen molar-refractivity contribution >= 4 is 11.8 Å². The summed E-state index contributed by atoms with van der Waals surface area (Å²) in [5, 5.41) is 0. The summed E-state index contributed by atoms with van der Waals surface area (Å²) in [6, 6.07) is 10.5. The Morgan fingerprint density at radius 3 is 2.71 bits per heavy atom. The number of nitrogens with zero attached hydrogens (tertiary/aromatic N) is 1. The van der Waals surface area contributed by atoms with Gasteiger partial charge in [-0.3, -0.25) is 4.90 Å². The molecule has 2 rings (SSSR count). The Morgan fingerprint density at radius 1 is 1.35 bits per heavy atom. The Morgan fingerprint density at radius 2 is 2.06 bits per heavy atom. The van der Waals surface area contributed by atoms with Crippen LogP contribution in [0.1, 0.15) is 6.42 Å². The number of likely N-dealkylation sites (tertiary alicyclic amines) is 1. The van der Waals surface area contributed by atoms with Gasteiger partial charge in [-0.1, -0.05) is 18.2 Å². The van der Waals surface area contributed by atoms with Crippen molar-refractivity contribution in [1.29, 1.82) is 0 Å². The highest BCUT2D eigenvalue weighted by molar-refractivity contribution is 7.99. The molecule has 0 saturated carbocycles. The number of benzene rings is 1. The second-order valence-electron chi connectivity index (χ2n) is 4.53. The lowest BCUT2D eigenvalue weighted by molar-refractivity contribution is 0.0638. The van der Waals surface area contributed by atoms with Crippen LogP contribution in [0.5, 0.6) is 0 Å². The molecule has 2 nitrogen and oxygen atoms in total. The number of alkyl halides is 1. The largest absolute Gasteiger partial charge is 0.327 e. The van der Waals surface area contributed by atoms with E-state index >= 15 is 0 Å². The molecule has 2 N–H and O–H groups in total. The summed E-state index contributed by atoms with van der Waals surface area (Å²) >= 11 is 1.79. The van der Waals surface area contributed by atoms with Crippen LogP contribution in [0.15, 0.2) is 35.2 Å². The third-order valence-corrected chi connectivity index (χ3v) is 4.14. The zero-order chi connectivity index (χ0) is 12.1. The van der Waals surface area contributed by atoms with Gasteiger partial charge in [-0.15, -0.1) is 11.8 Å². The van der Waals surface area contributed by atoms with Crippen LogP contribution in [0.4, 0.5) is 4.39 Å². The molecule has 0 spiro atoms. The van der Waals surface area contributed by atoms with Gasteiger partial charge < -0.3 is 5.73 Å². The highest BCUT2D eigenvalue weighted by atomic mass is 32.2. The van der Waals surface area contributed by atoms with Crippen LogP contribution >= 0.6 is 11.8 Å². The molecule has 17 heavy (non-hydrogen) atoms. The minimum Gasteiger partial charge on any atom is -0.327 e. The maximum atomic E-state index is 12.6. The number of halogens is 1. The number of hydrogen-bond donors (Lipinski definition) is 1. The number of nitrogens with two attached hydrogens (primary N) is 1. The van der Waals surface area contributed by atoms with Crippen molar-refractivity contribution in [1.82, 2.24) is 4.90 Å². The molecule has 0 bridgehead atoms. The van der Waals surface area contributed by atoms with Crippen molar-refractivity contribution in [2.45, 2.75) is 23.5 Å². The van der Waals surface area contributed by atoms with Gasteiger partial charge in [-0.25, -0.2) is 4.39 Å². The SMILES string of the molecule is N[C@H](CCN1CC(F)C1)CSc1ccccc1. The molecule has 0 amide bonds. The third-order valence-electron chi connectivity index (χ3n) is 2.94. The molecule has 1 heterocycles. The fourth-order valence-electron chi connectivity index (χ4n) is 1.84. The maximum Gasteiger partial charge on any atom is 0.125 e. The van der Waals surface area contributed by atoms with Gasteiger partial charge in [0, 0.05) is 29.8 Å². The summed E-state index contributed by atoms with van der Waals surface area (Å²) in [6.07, 6.45) is 0.344. The molecular formula is C13H19FN2S. The normalized spacial score (nSPS) is 18.9. The van der Waals surface area contributed by atoms with E-state index in [0.29, 0.717) is 13.1 Å². The molecule has 1 aromatic carbocycles. The molecule has 1 fully saturated rings. The number of thioether (sulfide) groups is 1. The number of hydrogen-bond acceptors (Lipinski definition) is 3. The van der Waals surface area contributed by atoms with Crippen LogP contribution in [0.25, 0.3) is 0 Å². The van der Waals surface area contributed by atoms with E-state index in [9.17, 15) is 4.39 Å². The van der Waals surface area contributed by atoms with Crippen LogP contribution in [-0.2, 0) is 0 Å². The van der Waals surface area contributed by atoms with E-state index in [1.54, 1.807) is 11.8 Å². The van der Waals surface area contributed by atoms with Crippen molar-refractivity contribution in [3.05, 3.63) is 30.3 Å². The molecule has 0 aliphatic carbocycles. The molecule has 1 atom stereocenters. The van der Waals surface area contributed by atoms with Crippen molar-refractivity contribution in [2.75, 3.05) is 25.4 Å². The van der Waals surface area contributed by atoms with Crippen molar-refractivity contribution in [2.24, 2.45) is 5.73 Å². The predicted molar refractivity (Wildman–Crippen MR) is 71.1 cm³/mol. The summed E-state index contributed by atoms with van der Waals surface area (Å²) < 4.78 is 12.6. The van der Waals surface area contributed by atoms with Gasteiger partial charge in [0.2, 0.25) is 0 Å². The monoisotopic (exact) mass is 254 g/mol. The van der Waals surface area contributed by atoms with E-state index in [0.717, 1.165) is 18.7 Å². The highest BCUT2D eigenvalue weighted by Crippen LogP contribution is 2.19. The molecule has 1 aromatic rings. The lowest BCUT2D eigenvalue weighted by Gasteiger charge is -2.34. The van der Waals surface area contributed by atoms with Gasteiger partial charge in [0.15, 0.2) is 0 Å². The average molecular weight is 254 g/mol. The predicted octanol–water partition coefficient (Wildman–Crippen LogP) is 2.15. The van der Waals surface area contributed by atoms with Gasteiger partial charge in [0.05, 0.1) is 0 Å². The topological polar surface area (TPSA) is 29.3 Å². The van der Waals surface area contributed by atoms with E-state index in [1.165, 1.54) is 4.90 Å². The van der Waals surface area contributed by atoms with E-state index in [-0.39, 0.29) is 6.04 Å². The zero-order valence-corrected chi connectivity index (χ0v) is 10.7. The Hall–Kier alpha value is -0.580. The van der Waals surface area contributed by atoms with E-state index in [4.69, 9.17) is 5.73 Å². The van der Waals surface area contributed by atoms with E-state index in [2.05, 4.69) is 17.0 Å². The lowest BCUT2D eigenvalue weighted by atomic mass is 10.1. The molecule has 4 heteroatoms. The smallest absolute Gasteiger partial charge is 0.125 e. The summed E-state index contributed by atoms with van der Waals surface area (Å²) in [7, 11) is 0. The minimum absolute atomic E-state index is 0.193. The van der Waals surface area contributed by atoms with Crippen molar-refractivity contribution in [3.63, 3.8) is 0 Å². The van der Waals surface area contributed by atoms with Crippen LogP contribution in [-0.4, -0.2) is 42.5 Å². The molecule has 1 aliphatic heterocycles. The molecular weight excluding hydrogens is 235 g/mol. The summed E-state index contributed by atoms with van der Waals surface area (Å²) in [5.74, 6) is 0.927. The maximum absolute atomic E-state index is 12.6. The second-order valence-corrected chi connectivity index (χ2v) is 5.62. The van der Waals surface area contributed by atoms with Gasteiger partial charge in [-0.2, -0.15) is 0 Å². The first kappa shape index (κ1) is 12.9. The van der Waals surface area contributed by atoms with Crippen LogP contribution < -0.4 is 5.73 Å². The second kappa shape index (κ2) is 6.38. The van der Waals surface area contributed by atoms with Crippen molar-refractivity contribution < 1.29 is 4.39 Å². The molecule has 0 aromatic heterocycles. The standard InChI is InChI=1S/C13H19FN2S/c14-11-8-16(9-11)7-6-12(15)10-17-13-4-2-1-3-5-13/h1-5,11-12H,6-10,15H2/t12-/m1/s1. The van der Waals surface area contributed by atoms with Gasteiger partial charge >= 0.3 is 0 Å². The average Bonchev–Trinajstić information content (AvgIpc) is 2.32. The Balaban J connectivity index is 1.59. The van der Waals surface area contributed by atoms with Crippen LogP contribution in [0.3, 0.4) is 0 Å². The lowest BCUT2D eigenvalue weighted by Crippen LogP contribution is -2.49. The first-order valence-corrected chi connectivity index (χ1v) is 7.02. The highest BCUT2D eigenvalue weighted by Gasteiger charge is 2.25. The molecule has 1 saturated heterocycles. The van der Waals surface area contributed by atoms with Gasteiger partial charge in [0.25, 0.3) is 0 Å². The molecule has 1 aliphatic rings. The van der Waals surface area contributed by atoms with Crippen LogP contribution in [0.2, 0.25) is 0 Å². The third kappa shape index (κ3) is 4.30. The summed E-state index contributed by atoms with van der Waals surface area (Å²) in [4.78, 5) is 3.38. The number of rotatable bonds is 6. The first-order valence-electron chi connectivity index (χ1n) is 6.04. The van der Waals surface area contributed by atoms with E-state index < -0.39 is 6.17 Å². The van der Waals surface area contributed by atoms with Crippen LogP contribution in [0, 0.1) is 0 Å². The zero-order valence-electron chi connectivity index (χ0n) is 9.89. The molecule has 94 valence electrons. The minimum atomic E-state index is -0.607. The Bertz CT molecular complexity index is 327. The Labute approximate surface area is 106 Å². The summed E-state index contributed by atoms with van der Waals surface area (Å²) in [6.45, 7) is 2.12.